The third-order valence-electron chi connectivity index (χ3n) is 4.77. The van der Waals surface area contributed by atoms with Crippen molar-refractivity contribution in [2.24, 2.45) is 0 Å². The monoisotopic (exact) mass is 292 g/mol. The van der Waals surface area contributed by atoms with Gasteiger partial charge in [0.05, 0.1) is 0 Å². The van der Waals surface area contributed by atoms with E-state index in [9.17, 15) is 4.39 Å². The Bertz CT molecular complexity index is 441. The third-order valence-corrected chi connectivity index (χ3v) is 4.77. The molecule has 0 saturated heterocycles. The Kier molecular flexibility index (Phi) is 6.19. The molecule has 1 aromatic carbocycles. The fourth-order valence-electron chi connectivity index (χ4n) is 3.32. The second-order valence-corrected chi connectivity index (χ2v) is 6.33. The molecule has 0 spiro atoms. The first-order valence-corrected chi connectivity index (χ1v) is 8.31. The summed E-state index contributed by atoms with van der Waals surface area (Å²) >= 11 is 0. The molecule has 1 unspecified atom stereocenters. The number of hydrogen-bond donors (Lipinski definition) is 1. The summed E-state index contributed by atoms with van der Waals surface area (Å²) in [6, 6.07) is 6.63. The average Bonchev–Trinajstić information content (AvgIpc) is 3.00. The quantitative estimate of drug-likeness (QED) is 0.815. The molecule has 1 aliphatic rings. The van der Waals surface area contributed by atoms with E-state index in [4.69, 9.17) is 0 Å². The Balaban J connectivity index is 1.96. The van der Waals surface area contributed by atoms with Crippen molar-refractivity contribution in [2.75, 3.05) is 20.1 Å². The molecular formula is C18H29FN2. The van der Waals surface area contributed by atoms with E-state index in [0.29, 0.717) is 0 Å². The van der Waals surface area contributed by atoms with Crippen LogP contribution in [0.5, 0.6) is 0 Å². The predicted molar refractivity (Wildman–Crippen MR) is 87.1 cm³/mol. The standard InChI is InChI=1S/C18H29FN2/c1-4-20-18(15-10-9-14(2)17(19)13-15)11-12-21(3)16-7-5-6-8-16/h9-10,13,16,18,20H,4-8,11-12H2,1-3H3. The number of rotatable bonds is 7. The van der Waals surface area contributed by atoms with Crippen molar-refractivity contribution in [3.05, 3.63) is 35.1 Å². The van der Waals surface area contributed by atoms with Gasteiger partial charge in [0.1, 0.15) is 5.82 Å². The van der Waals surface area contributed by atoms with Crippen LogP contribution in [0.15, 0.2) is 18.2 Å². The Labute approximate surface area is 128 Å². The lowest BCUT2D eigenvalue weighted by Crippen LogP contribution is -2.33. The number of hydrogen-bond acceptors (Lipinski definition) is 2. The van der Waals surface area contributed by atoms with E-state index in [1.54, 1.807) is 6.07 Å². The summed E-state index contributed by atoms with van der Waals surface area (Å²) in [6.45, 7) is 5.90. The van der Waals surface area contributed by atoms with E-state index in [1.807, 2.05) is 13.0 Å². The number of aryl methyl sites for hydroxylation is 1. The maximum atomic E-state index is 13.8. The maximum absolute atomic E-state index is 13.8. The summed E-state index contributed by atoms with van der Waals surface area (Å²) < 4.78 is 13.8. The minimum absolute atomic E-state index is 0.0976. The summed E-state index contributed by atoms with van der Waals surface area (Å²) in [5, 5.41) is 3.50. The molecule has 2 nitrogen and oxygen atoms in total. The summed E-state index contributed by atoms with van der Waals surface area (Å²) in [6.07, 6.45) is 6.44. The Morgan fingerprint density at radius 2 is 2.05 bits per heavy atom. The number of benzene rings is 1. The average molecular weight is 292 g/mol. The molecule has 1 aliphatic carbocycles. The topological polar surface area (TPSA) is 15.3 Å². The molecule has 0 aromatic heterocycles. The zero-order chi connectivity index (χ0) is 15.2. The molecule has 0 heterocycles. The Morgan fingerprint density at radius 3 is 2.67 bits per heavy atom. The number of halogens is 1. The van der Waals surface area contributed by atoms with Crippen LogP contribution in [-0.4, -0.2) is 31.1 Å². The molecule has 21 heavy (non-hydrogen) atoms. The van der Waals surface area contributed by atoms with Crippen molar-refractivity contribution in [3.8, 4) is 0 Å². The molecular weight excluding hydrogens is 263 g/mol. The van der Waals surface area contributed by atoms with Crippen molar-refractivity contribution in [1.29, 1.82) is 0 Å². The van der Waals surface area contributed by atoms with Gasteiger partial charge in [-0.1, -0.05) is 31.9 Å². The van der Waals surface area contributed by atoms with E-state index >= 15 is 0 Å². The summed E-state index contributed by atoms with van der Waals surface area (Å²) in [4.78, 5) is 2.49. The van der Waals surface area contributed by atoms with Crippen molar-refractivity contribution in [2.45, 2.75) is 58.0 Å². The molecule has 0 bridgehead atoms. The van der Waals surface area contributed by atoms with Crippen LogP contribution in [0.25, 0.3) is 0 Å². The van der Waals surface area contributed by atoms with Crippen LogP contribution < -0.4 is 5.32 Å². The van der Waals surface area contributed by atoms with E-state index in [0.717, 1.165) is 36.7 Å². The summed E-state index contributed by atoms with van der Waals surface area (Å²) in [7, 11) is 2.23. The molecule has 1 N–H and O–H groups in total. The van der Waals surface area contributed by atoms with E-state index in [-0.39, 0.29) is 11.9 Å². The normalized spacial score (nSPS) is 17.6. The number of nitrogens with one attached hydrogen (secondary N) is 1. The first kappa shape index (κ1) is 16.4. The van der Waals surface area contributed by atoms with Crippen LogP contribution in [0, 0.1) is 12.7 Å². The van der Waals surface area contributed by atoms with Gasteiger partial charge in [-0.25, -0.2) is 4.39 Å². The zero-order valence-corrected chi connectivity index (χ0v) is 13.7. The summed E-state index contributed by atoms with van der Waals surface area (Å²) in [5.41, 5.74) is 1.79. The number of nitrogens with zero attached hydrogens (tertiary/aromatic N) is 1. The van der Waals surface area contributed by atoms with Gasteiger partial charge in [0.2, 0.25) is 0 Å². The molecule has 0 radical (unpaired) electrons. The minimum Gasteiger partial charge on any atom is -0.310 e. The van der Waals surface area contributed by atoms with Crippen molar-refractivity contribution < 1.29 is 4.39 Å². The minimum atomic E-state index is -0.0976. The van der Waals surface area contributed by atoms with Gasteiger partial charge in [0, 0.05) is 12.1 Å². The highest BCUT2D eigenvalue weighted by Crippen LogP contribution is 2.24. The van der Waals surface area contributed by atoms with Crippen LogP contribution in [0.2, 0.25) is 0 Å². The first-order chi connectivity index (χ1) is 10.1. The SMILES string of the molecule is CCNC(CCN(C)C1CCCC1)c1ccc(C)c(F)c1. The van der Waals surface area contributed by atoms with Gasteiger partial charge in [-0.05, 0) is 63.5 Å². The molecule has 1 atom stereocenters. The second kappa shape index (κ2) is 7.90. The predicted octanol–water partition coefficient (Wildman–Crippen LogP) is 4.05. The van der Waals surface area contributed by atoms with E-state index in [2.05, 4.69) is 30.3 Å². The van der Waals surface area contributed by atoms with Crippen LogP contribution >= 0.6 is 0 Å². The lowest BCUT2D eigenvalue weighted by molar-refractivity contribution is 0.232. The smallest absolute Gasteiger partial charge is 0.126 e. The third kappa shape index (κ3) is 4.52. The zero-order valence-electron chi connectivity index (χ0n) is 13.7. The fourth-order valence-corrected chi connectivity index (χ4v) is 3.32. The van der Waals surface area contributed by atoms with Gasteiger partial charge in [-0.2, -0.15) is 0 Å². The van der Waals surface area contributed by atoms with Crippen LogP contribution in [-0.2, 0) is 0 Å². The first-order valence-electron chi connectivity index (χ1n) is 8.31. The molecule has 2 rings (SSSR count). The van der Waals surface area contributed by atoms with Gasteiger partial charge in [-0.3, -0.25) is 0 Å². The van der Waals surface area contributed by atoms with Gasteiger partial charge >= 0.3 is 0 Å². The molecule has 0 amide bonds. The van der Waals surface area contributed by atoms with Gasteiger partial charge < -0.3 is 10.2 Å². The molecule has 0 aliphatic heterocycles. The molecule has 1 aromatic rings. The van der Waals surface area contributed by atoms with Crippen LogP contribution in [0.3, 0.4) is 0 Å². The van der Waals surface area contributed by atoms with Crippen molar-refractivity contribution in [3.63, 3.8) is 0 Å². The highest BCUT2D eigenvalue weighted by atomic mass is 19.1. The molecule has 1 saturated carbocycles. The van der Waals surface area contributed by atoms with Crippen molar-refractivity contribution in [1.82, 2.24) is 10.2 Å². The lowest BCUT2D eigenvalue weighted by atomic mass is 10.0. The van der Waals surface area contributed by atoms with E-state index in [1.165, 1.54) is 25.7 Å². The largest absolute Gasteiger partial charge is 0.310 e. The van der Waals surface area contributed by atoms with Gasteiger partial charge in [0.15, 0.2) is 0 Å². The molecule has 3 heteroatoms. The van der Waals surface area contributed by atoms with Gasteiger partial charge in [-0.15, -0.1) is 0 Å². The molecule has 1 fully saturated rings. The second-order valence-electron chi connectivity index (χ2n) is 6.33. The molecule has 118 valence electrons. The highest BCUT2D eigenvalue weighted by molar-refractivity contribution is 5.25. The van der Waals surface area contributed by atoms with Crippen molar-refractivity contribution >= 4 is 0 Å². The fraction of sp³-hybridized carbons (Fsp3) is 0.667. The van der Waals surface area contributed by atoms with Gasteiger partial charge in [0.25, 0.3) is 0 Å². The Hall–Kier alpha value is -0.930. The maximum Gasteiger partial charge on any atom is 0.126 e. The van der Waals surface area contributed by atoms with E-state index < -0.39 is 0 Å². The van der Waals surface area contributed by atoms with Crippen LogP contribution in [0.4, 0.5) is 4.39 Å². The lowest BCUT2D eigenvalue weighted by Gasteiger charge is -2.27. The summed E-state index contributed by atoms with van der Waals surface area (Å²) in [5.74, 6) is -0.0976. The Morgan fingerprint density at radius 1 is 1.33 bits per heavy atom. The highest BCUT2D eigenvalue weighted by Gasteiger charge is 2.20. The van der Waals surface area contributed by atoms with Crippen LogP contribution in [0.1, 0.15) is 56.2 Å².